The van der Waals surface area contributed by atoms with E-state index in [4.69, 9.17) is 0 Å². The first-order chi connectivity index (χ1) is 22.3. The van der Waals surface area contributed by atoms with E-state index in [1.165, 1.54) is 37.6 Å². The minimum Gasteiger partial charge on any atom is -0.340 e. The predicted octanol–water partition coefficient (Wildman–Crippen LogP) is 4.92. The quantitative estimate of drug-likeness (QED) is 0.344. The molecular weight excluding hydrogens is 574 g/mol. The van der Waals surface area contributed by atoms with Gasteiger partial charge in [0.05, 0.1) is 19.4 Å². The number of anilines is 3. The molecule has 46 heavy (non-hydrogen) atoms. The van der Waals surface area contributed by atoms with Crippen molar-refractivity contribution in [2.24, 2.45) is 5.92 Å². The summed E-state index contributed by atoms with van der Waals surface area (Å²) in [5, 5.41) is 4.78. The summed E-state index contributed by atoms with van der Waals surface area (Å²) >= 11 is 0. The summed E-state index contributed by atoms with van der Waals surface area (Å²) < 4.78 is 0. The van der Waals surface area contributed by atoms with E-state index in [2.05, 4.69) is 27.4 Å². The number of aromatic nitrogens is 2. The van der Waals surface area contributed by atoms with Crippen molar-refractivity contribution in [3.8, 4) is 11.1 Å². The molecule has 0 radical (unpaired) electrons. The minimum absolute atomic E-state index is 0.0284. The zero-order valence-electron chi connectivity index (χ0n) is 26.0. The van der Waals surface area contributed by atoms with Crippen LogP contribution in [0.1, 0.15) is 66.9 Å². The van der Waals surface area contributed by atoms with E-state index in [9.17, 15) is 14.4 Å². The van der Waals surface area contributed by atoms with Crippen LogP contribution in [-0.2, 0) is 15.1 Å². The number of hydrogen-bond donors (Lipinski definition) is 1. The molecule has 2 unspecified atom stereocenters. The van der Waals surface area contributed by atoms with Crippen molar-refractivity contribution in [2.45, 2.75) is 51.0 Å². The van der Waals surface area contributed by atoms with E-state index in [0.717, 1.165) is 32.8 Å². The number of benzene rings is 3. The monoisotopic (exact) mass is 609 g/mol. The number of rotatable bonds is 5. The molecule has 2 atom stereocenters. The normalized spacial score (nSPS) is 21.6. The molecule has 4 aromatic rings. The maximum atomic E-state index is 14.2. The molecule has 8 nitrogen and oxygen atoms in total. The highest BCUT2D eigenvalue weighted by atomic mass is 16.2. The fourth-order valence-corrected chi connectivity index (χ4v) is 7.97. The Morgan fingerprint density at radius 1 is 0.957 bits per heavy atom. The van der Waals surface area contributed by atoms with E-state index in [1.54, 1.807) is 12.3 Å². The molecule has 0 bridgehead atoms. The second kappa shape index (κ2) is 10.8. The summed E-state index contributed by atoms with van der Waals surface area (Å²) in [5.41, 5.74) is 5.07. The van der Waals surface area contributed by atoms with Crippen molar-refractivity contribution in [1.29, 1.82) is 0 Å². The number of carbonyl (C=O) groups is 3. The molecule has 0 saturated heterocycles. The Balaban J connectivity index is 1.12. The summed E-state index contributed by atoms with van der Waals surface area (Å²) in [6.07, 6.45) is 11.9. The van der Waals surface area contributed by atoms with E-state index in [1.807, 2.05) is 78.3 Å². The number of Topliss-reactive ketones (excluding diaryl/α,β-unsaturated/α-hetero) is 2. The van der Waals surface area contributed by atoms with Gasteiger partial charge in [-0.1, -0.05) is 74.4 Å². The maximum Gasteiger partial charge on any atom is 0.243 e. The highest BCUT2D eigenvalue weighted by Gasteiger charge is 2.50. The van der Waals surface area contributed by atoms with Crippen LogP contribution in [-0.4, -0.2) is 40.7 Å². The Morgan fingerprint density at radius 3 is 2.50 bits per heavy atom. The van der Waals surface area contributed by atoms with Crippen LogP contribution in [0, 0.1) is 5.92 Å². The summed E-state index contributed by atoms with van der Waals surface area (Å²) in [7, 11) is 0. The largest absolute Gasteiger partial charge is 0.340 e. The predicted molar refractivity (Wildman–Crippen MR) is 179 cm³/mol. The van der Waals surface area contributed by atoms with Gasteiger partial charge in [0.2, 0.25) is 5.91 Å². The summed E-state index contributed by atoms with van der Waals surface area (Å²) in [4.78, 5) is 53.6. The van der Waals surface area contributed by atoms with Crippen molar-refractivity contribution in [3.63, 3.8) is 0 Å². The molecule has 230 valence electrons. The fourth-order valence-electron chi connectivity index (χ4n) is 7.97. The lowest BCUT2D eigenvalue weighted by atomic mass is 9.73. The Bertz CT molecular complexity index is 2050. The molecule has 4 aliphatic rings. The molecule has 1 aromatic heterocycles. The molecular formula is C38H35N5O3. The van der Waals surface area contributed by atoms with Gasteiger partial charge < -0.3 is 15.1 Å². The second-order valence-corrected chi connectivity index (χ2v) is 13.1. The van der Waals surface area contributed by atoms with Gasteiger partial charge in [-0.05, 0) is 76.6 Å². The average Bonchev–Trinajstić information content (AvgIpc) is 3.74. The summed E-state index contributed by atoms with van der Waals surface area (Å²) in [6.45, 7) is 4.19. The van der Waals surface area contributed by atoms with E-state index >= 15 is 0 Å². The average molecular weight is 610 g/mol. The third kappa shape index (κ3) is 4.38. The smallest absolute Gasteiger partial charge is 0.243 e. The van der Waals surface area contributed by atoms with Gasteiger partial charge in [-0.3, -0.25) is 14.4 Å². The molecule has 1 aliphatic heterocycles. The SMILES string of the molecule is CC1C=c2c(ccc3c2=CC(=O)c2ccccc2-3)C(C)(N2CN(CC(=O)Nc3ccc(C4CCCC4)cc3)c3cncnc32)C1=O. The first-order valence-corrected chi connectivity index (χ1v) is 16.1. The van der Waals surface area contributed by atoms with Gasteiger partial charge in [-0.2, -0.15) is 0 Å². The van der Waals surface area contributed by atoms with Crippen LogP contribution in [0.2, 0.25) is 0 Å². The lowest BCUT2D eigenvalue weighted by Crippen LogP contribution is -2.59. The number of nitrogens with one attached hydrogen (secondary N) is 1. The van der Waals surface area contributed by atoms with Gasteiger partial charge in [0.1, 0.15) is 17.6 Å². The number of hydrogen-bond acceptors (Lipinski definition) is 7. The molecule has 1 fully saturated rings. The topological polar surface area (TPSA) is 95.5 Å². The van der Waals surface area contributed by atoms with Gasteiger partial charge >= 0.3 is 0 Å². The Hall–Kier alpha value is -5.11. The van der Waals surface area contributed by atoms with Crippen LogP contribution in [0.3, 0.4) is 0 Å². The minimum atomic E-state index is -1.10. The Kier molecular flexibility index (Phi) is 6.63. The second-order valence-electron chi connectivity index (χ2n) is 13.1. The van der Waals surface area contributed by atoms with E-state index in [-0.39, 0.29) is 30.7 Å². The number of nitrogens with zero attached hydrogens (tertiary/aromatic N) is 4. The molecule has 8 heteroatoms. The molecule has 3 aromatic carbocycles. The summed E-state index contributed by atoms with van der Waals surface area (Å²) in [5.74, 6) is 0.642. The lowest BCUT2D eigenvalue weighted by molar-refractivity contribution is -0.126. The van der Waals surface area contributed by atoms with E-state index < -0.39 is 11.5 Å². The van der Waals surface area contributed by atoms with Crippen LogP contribution >= 0.6 is 0 Å². The molecule has 3 aliphatic carbocycles. The van der Waals surface area contributed by atoms with Gasteiger partial charge in [0, 0.05) is 17.2 Å². The van der Waals surface area contributed by atoms with Crippen LogP contribution < -0.4 is 25.6 Å². The van der Waals surface area contributed by atoms with Crippen LogP contribution in [0.5, 0.6) is 0 Å². The van der Waals surface area contributed by atoms with Crippen molar-refractivity contribution >= 4 is 46.8 Å². The van der Waals surface area contributed by atoms with Gasteiger partial charge in [-0.15, -0.1) is 0 Å². The van der Waals surface area contributed by atoms with Crippen LogP contribution in [0.25, 0.3) is 23.3 Å². The number of fused-ring (bicyclic) bond motifs is 6. The third-order valence-electron chi connectivity index (χ3n) is 10.4. The maximum absolute atomic E-state index is 14.2. The van der Waals surface area contributed by atoms with E-state index in [0.29, 0.717) is 23.0 Å². The molecule has 8 rings (SSSR count). The Morgan fingerprint density at radius 2 is 1.72 bits per heavy atom. The standard InChI is InChI=1S/C38H35N5O3/c1-23-17-31-30-18-34(44)29-10-6-5-9-27(29)28(30)15-16-32(31)38(2,36(23)46)43-22-42(33-19-39-21-40-37(33)43)20-35(45)41-26-13-11-25(12-14-26)24-7-3-4-8-24/h5-6,9-19,21,23-24H,3-4,7-8,20,22H2,1-2H3,(H,41,45). The van der Waals surface area contributed by atoms with Crippen molar-refractivity contribution in [2.75, 3.05) is 28.3 Å². The van der Waals surface area contributed by atoms with Crippen LogP contribution in [0.15, 0.2) is 73.2 Å². The fraction of sp³-hybridized carbons (Fsp3) is 0.289. The van der Waals surface area contributed by atoms with Gasteiger partial charge in [0.25, 0.3) is 0 Å². The Labute approximate surface area is 267 Å². The van der Waals surface area contributed by atoms with Crippen molar-refractivity contribution < 1.29 is 14.4 Å². The first kappa shape index (κ1) is 28.4. The molecule has 1 N–H and O–H groups in total. The molecule has 2 heterocycles. The molecule has 1 saturated carbocycles. The zero-order chi connectivity index (χ0) is 31.6. The highest BCUT2D eigenvalue weighted by Crippen LogP contribution is 2.44. The highest BCUT2D eigenvalue weighted by molar-refractivity contribution is 6.22. The van der Waals surface area contributed by atoms with Crippen molar-refractivity contribution in [3.05, 3.63) is 100 Å². The van der Waals surface area contributed by atoms with Crippen LogP contribution in [0.4, 0.5) is 17.2 Å². The molecule has 1 amide bonds. The lowest BCUT2D eigenvalue weighted by Gasteiger charge is -2.42. The number of amides is 1. The first-order valence-electron chi connectivity index (χ1n) is 16.1. The number of ketones is 2. The molecule has 0 spiro atoms. The van der Waals surface area contributed by atoms with Crippen molar-refractivity contribution in [1.82, 2.24) is 9.97 Å². The summed E-state index contributed by atoms with van der Waals surface area (Å²) in [6, 6.07) is 19.9. The van der Waals surface area contributed by atoms with Gasteiger partial charge in [-0.25, -0.2) is 9.97 Å². The zero-order valence-corrected chi connectivity index (χ0v) is 26.0. The van der Waals surface area contributed by atoms with Gasteiger partial charge in [0.15, 0.2) is 17.4 Å². The number of carbonyl (C=O) groups excluding carboxylic acids is 3. The third-order valence-corrected chi connectivity index (χ3v) is 10.4.